The van der Waals surface area contributed by atoms with E-state index in [4.69, 9.17) is 0 Å². The van der Waals surface area contributed by atoms with Crippen molar-refractivity contribution >= 4 is 23.2 Å². The highest BCUT2D eigenvalue weighted by atomic mass is 19.1. The average Bonchev–Trinajstić information content (AvgIpc) is 2.95. The van der Waals surface area contributed by atoms with Gasteiger partial charge in [-0.25, -0.2) is 4.39 Å². The molecule has 0 bridgehead atoms. The van der Waals surface area contributed by atoms with Crippen molar-refractivity contribution in [2.45, 2.75) is 27.2 Å². The largest absolute Gasteiger partial charge is 0.326 e. The number of nitrogens with zero attached hydrogens (tertiary/aromatic N) is 1. The molecule has 0 saturated carbocycles. The van der Waals surface area contributed by atoms with Gasteiger partial charge in [-0.2, -0.15) is 0 Å². The van der Waals surface area contributed by atoms with Crippen LogP contribution >= 0.6 is 0 Å². The first-order valence-corrected chi connectivity index (χ1v) is 8.30. The van der Waals surface area contributed by atoms with E-state index in [0.717, 1.165) is 16.8 Å². The molecule has 2 aromatic rings. The van der Waals surface area contributed by atoms with Gasteiger partial charge in [-0.3, -0.25) is 9.59 Å². The van der Waals surface area contributed by atoms with Gasteiger partial charge in [0.15, 0.2) is 0 Å². The van der Waals surface area contributed by atoms with Gasteiger partial charge in [0.25, 0.3) is 0 Å². The molecule has 2 aromatic carbocycles. The first kappa shape index (κ1) is 17.1. The van der Waals surface area contributed by atoms with Crippen LogP contribution in [0.5, 0.6) is 0 Å². The first-order valence-electron chi connectivity index (χ1n) is 8.30. The number of anilines is 2. The Balaban J connectivity index is 1.71. The van der Waals surface area contributed by atoms with Crippen molar-refractivity contribution < 1.29 is 14.0 Å². The molecule has 0 aliphatic carbocycles. The highest BCUT2D eigenvalue weighted by Gasteiger charge is 2.35. The monoisotopic (exact) mass is 340 g/mol. The fourth-order valence-electron chi connectivity index (χ4n) is 2.94. The van der Waals surface area contributed by atoms with Gasteiger partial charge in [-0.15, -0.1) is 0 Å². The fraction of sp³-hybridized carbons (Fsp3) is 0.300. The van der Waals surface area contributed by atoms with Gasteiger partial charge in [0.05, 0.1) is 5.92 Å². The van der Waals surface area contributed by atoms with Crippen LogP contribution in [0.4, 0.5) is 15.8 Å². The second-order valence-corrected chi connectivity index (χ2v) is 6.63. The molecule has 1 aliphatic rings. The third-order valence-electron chi connectivity index (χ3n) is 4.74. The van der Waals surface area contributed by atoms with Crippen LogP contribution in [0.15, 0.2) is 36.4 Å². The predicted octanol–water partition coefficient (Wildman–Crippen LogP) is 3.74. The second-order valence-electron chi connectivity index (χ2n) is 6.63. The van der Waals surface area contributed by atoms with E-state index in [1.165, 1.54) is 6.07 Å². The van der Waals surface area contributed by atoms with Gasteiger partial charge < -0.3 is 10.2 Å². The quantitative estimate of drug-likeness (QED) is 0.925. The summed E-state index contributed by atoms with van der Waals surface area (Å²) in [4.78, 5) is 26.4. The third kappa shape index (κ3) is 3.55. The lowest BCUT2D eigenvalue weighted by molar-refractivity contribution is -0.122. The lowest BCUT2D eigenvalue weighted by Gasteiger charge is -2.18. The number of carbonyl (C=O) groups excluding carboxylic acids is 2. The van der Waals surface area contributed by atoms with Crippen LogP contribution in [-0.4, -0.2) is 18.4 Å². The number of aryl methyl sites for hydroxylation is 3. The number of hydrogen-bond acceptors (Lipinski definition) is 2. The minimum absolute atomic E-state index is 0.0708. The van der Waals surface area contributed by atoms with Crippen molar-refractivity contribution in [3.63, 3.8) is 0 Å². The van der Waals surface area contributed by atoms with Crippen LogP contribution in [0.3, 0.4) is 0 Å². The molecular formula is C20H21FN2O2. The summed E-state index contributed by atoms with van der Waals surface area (Å²) in [6, 6.07) is 10.4. The standard InChI is InChI=1S/C20H21FN2O2/c1-12-5-7-17(8-14(12)3)23-11-15(9-19(23)24)20(25)22-16-6-4-13(2)18(21)10-16/h4-8,10,15H,9,11H2,1-3H3,(H,22,25)/t15-/m1/s1. The zero-order chi connectivity index (χ0) is 18.1. The lowest BCUT2D eigenvalue weighted by Crippen LogP contribution is -2.28. The topological polar surface area (TPSA) is 49.4 Å². The Hall–Kier alpha value is -2.69. The van der Waals surface area contributed by atoms with E-state index in [-0.39, 0.29) is 24.1 Å². The van der Waals surface area contributed by atoms with Crippen molar-refractivity contribution in [1.82, 2.24) is 0 Å². The van der Waals surface area contributed by atoms with E-state index in [2.05, 4.69) is 5.32 Å². The highest BCUT2D eigenvalue weighted by Crippen LogP contribution is 2.27. The molecule has 1 fully saturated rings. The summed E-state index contributed by atoms with van der Waals surface area (Å²) in [6.45, 7) is 6.01. The number of rotatable bonds is 3. The third-order valence-corrected chi connectivity index (χ3v) is 4.74. The fourth-order valence-corrected chi connectivity index (χ4v) is 2.94. The van der Waals surface area contributed by atoms with Crippen molar-refractivity contribution in [3.05, 3.63) is 58.9 Å². The van der Waals surface area contributed by atoms with Gasteiger partial charge in [0, 0.05) is 24.3 Å². The zero-order valence-electron chi connectivity index (χ0n) is 14.6. The molecule has 1 N–H and O–H groups in total. The maximum Gasteiger partial charge on any atom is 0.229 e. The Bertz CT molecular complexity index is 848. The van der Waals surface area contributed by atoms with Crippen LogP contribution in [-0.2, 0) is 9.59 Å². The van der Waals surface area contributed by atoms with Crippen LogP contribution in [0, 0.1) is 32.5 Å². The number of halogens is 1. The second kappa shape index (κ2) is 6.67. The maximum atomic E-state index is 13.6. The van der Waals surface area contributed by atoms with Crippen molar-refractivity contribution in [3.8, 4) is 0 Å². The molecule has 0 unspecified atom stereocenters. The van der Waals surface area contributed by atoms with Crippen LogP contribution in [0.1, 0.15) is 23.1 Å². The summed E-state index contributed by atoms with van der Waals surface area (Å²) in [6.07, 6.45) is 0.160. The van der Waals surface area contributed by atoms with Crippen LogP contribution in [0.25, 0.3) is 0 Å². The van der Waals surface area contributed by atoms with Crippen LogP contribution in [0.2, 0.25) is 0 Å². The van der Waals surface area contributed by atoms with E-state index in [1.807, 2.05) is 32.0 Å². The number of carbonyl (C=O) groups is 2. The van der Waals surface area contributed by atoms with Crippen molar-refractivity contribution in [2.24, 2.45) is 5.92 Å². The molecule has 3 rings (SSSR count). The van der Waals surface area contributed by atoms with Crippen molar-refractivity contribution in [2.75, 3.05) is 16.8 Å². The average molecular weight is 340 g/mol. The predicted molar refractivity (Wildman–Crippen MR) is 96.1 cm³/mol. The molecule has 0 aromatic heterocycles. The molecule has 1 aliphatic heterocycles. The molecule has 1 heterocycles. The normalized spacial score (nSPS) is 17.0. The summed E-state index contributed by atoms with van der Waals surface area (Å²) < 4.78 is 13.6. The van der Waals surface area contributed by atoms with E-state index < -0.39 is 5.92 Å². The van der Waals surface area contributed by atoms with E-state index >= 15 is 0 Å². The molecule has 0 spiro atoms. The zero-order valence-corrected chi connectivity index (χ0v) is 14.6. The Morgan fingerprint density at radius 3 is 2.48 bits per heavy atom. The molecule has 25 heavy (non-hydrogen) atoms. The Labute approximate surface area is 146 Å². The van der Waals surface area contributed by atoms with E-state index in [0.29, 0.717) is 17.8 Å². The smallest absolute Gasteiger partial charge is 0.229 e. The molecule has 1 atom stereocenters. The van der Waals surface area contributed by atoms with E-state index in [1.54, 1.807) is 24.0 Å². The van der Waals surface area contributed by atoms with E-state index in [9.17, 15) is 14.0 Å². The maximum absolute atomic E-state index is 13.6. The minimum atomic E-state index is -0.446. The summed E-state index contributed by atoms with van der Waals surface area (Å²) in [7, 11) is 0. The van der Waals surface area contributed by atoms with Crippen molar-refractivity contribution in [1.29, 1.82) is 0 Å². The first-order chi connectivity index (χ1) is 11.8. The molecule has 130 valence electrons. The van der Waals surface area contributed by atoms with Crippen LogP contribution < -0.4 is 10.2 Å². The molecule has 5 heteroatoms. The van der Waals surface area contributed by atoms with Gasteiger partial charge in [-0.1, -0.05) is 12.1 Å². The van der Waals surface area contributed by atoms with Gasteiger partial charge in [0.2, 0.25) is 11.8 Å². The number of amides is 2. The summed E-state index contributed by atoms with van der Waals surface area (Å²) in [5.74, 6) is -1.14. The Kier molecular flexibility index (Phi) is 4.57. The minimum Gasteiger partial charge on any atom is -0.326 e. The SMILES string of the molecule is Cc1ccc(N2C[C@H](C(=O)Nc3ccc(C)c(F)c3)CC2=O)cc1C. The van der Waals surface area contributed by atoms with Gasteiger partial charge in [0.1, 0.15) is 5.82 Å². The highest BCUT2D eigenvalue weighted by molar-refractivity contribution is 6.03. The molecule has 0 radical (unpaired) electrons. The lowest BCUT2D eigenvalue weighted by atomic mass is 10.1. The number of nitrogens with one attached hydrogen (secondary N) is 1. The molecule has 1 saturated heterocycles. The number of benzene rings is 2. The summed E-state index contributed by atoms with van der Waals surface area (Å²) in [5.41, 5.74) is 4.00. The molecule has 2 amide bonds. The number of hydrogen-bond donors (Lipinski definition) is 1. The summed E-state index contributed by atoms with van der Waals surface area (Å²) >= 11 is 0. The molecule has 4 nitrogen and oxygen atoms in total. The van der Waals surface area contributed by atoms with Gasteiger partial charge >= 0.3 is 0 Å². The Morgan fingerprint density at radius 2 is 1.80 bits per heavy atom. The molecular weight excluding hydrogens is 319 g/mol. The van der Waals surface area contributed by atoms with Gasteiger partial charge in [-0.05, 0) is 61.7 Å². The summed E-state index contributed by atoms with van der Waals surface area (Å²) in [5, 5.41) is 2.71. The Morgan fingerprint density at radius 1 is 1.08 bits per heavy atom.